The molecule has 6 heteroatoms. The van der Waals surface area contributed by atoms with Crippen molar-refractivity contribution in [2.45, 2.75) is 6.61 Å². The minimum absolute atomic E-state index is 0.159. The standard InChI is InChI=1S/C5H6N2O4/c8-4-3(2-11-10)1-6-5(9)7-4/h1,10H,2H2,(H2,6,7,8,9). The van der Waals surface area contributed by atoms with Gasteiger partial charge in [0.05, 0.1) is 5.56 Å². The molecule has 3 N–H and O–H groups in total. The monoisotopic (exact) mass is 158 g/mol. The summed E-state index contributed by atoms with van der Waals surface area (Å²) in [5.41, 5.74) is -0.994. The predicted octanol–water partition coefficient (Wildman–Crippen LogP) is -0.947. The van der Waals surface area contributed by atoms with Gasteiger partial charge in [-0.3, -0.25) is 15.0 Å². The summed E-state index contributed by atoms with van der Waals surface area (Å²) < 4.78 is 0. The molecule has 0 aliphatic carbocycles. The van der Waals surface area contributed by atoms with Gasteiger partial charge in [0.1, 0.15) is 6.61 Å². The third-order valence-corrected chi connectivity index (χ3v) is 1.12. The van der Waals surface area contributed by atoms with E-state index in [0.29, 0.717) is 0 Å². The number of nitrogens with one attached hydrogen (secondary N) is 2. The molecule has 0 aliphatic heterocycles. The van der Waals surface area contributed by atoms with Crippen LogP contribution < -0.4 is 11.2 Å². The molecule has 0 aromatic carbocycles. The highest BCUT2D eigenvalue weighted by Crippen LogP contribution is 1.84. The van der Waals surface area contributed by atoms with Gasteiger partial charge in [-0.25, -0.2) is 9.68 Å². The molecular formula is C5H6N2O4. The first-order valence-electron chi connectivity index (χ1n) is 2.81. The lowest BCUT2D eigenvalue weighted by Gasteiger charge is -1.93. The second kappa shape index (κ2) is 3.13. The molecule has 0 radical (unpaired) electrons. The van der Waals surface area contributed by atoms with Crippen molar-refractivity contribution in [3.05, 3.63) is 32.6 Å². The van der Waals surface area contributed by atoms with E-state index in [1.807, 2.05) is 4.98 Å². The van der Waals surface area contributed by atoms with E-state index in [1.54, 1.807) is 0 Å². The molecule has 0 amide bonds. The van der Waals surface area contributed by atoms with Gasteiger partial charge < -0.3 is 4.98 Å². The van der Waals surface area contributed by atoms with E-state index < -0.39 is 11.2 Å². The van der Waals surface area contributed by atoms with Gasteiger partial charge in [-0.05, 0) is 0 Å². The van der Waals surface area contributed by atoms with Crippen LogP contribution in [0.15, 0.2) is 15.8 Å². The predicted molar refractivity (Wildman–Crippen MR) is 35.1 cm³/mol. The molecule has 0 aliphatic rings. The molecule has 60 valence electrons. The van der Waals surface area contributed by atoms with E-state index >= 15 is 0 Å². The molecule has 1 aromatic heterocycles. The molecule has 1 heterocycles. The molecule has 0 bridgehead atoms. The first-order valence-corrected chi connectivity index (χ1v) is 2.81. The molecule has 0 unspecified atom stereocenters. The maximum absolute atomic E-state index is 10.8. The van der Waals surface area contributed by atoms with Gasteiger partial charge >= 0.3 is 5.69 Å². The van der Waals surface area contributed by atoms with E-state index in [4.69, 9.17) is 5.26 Å². The Labute approximate surface area is 60.4 Å². The Morgan fingerprint density at radius 2 is 2.27 bits per heavy atom. The molecular weight excluding hydrogens is 152 g/mol. The van der Waals surface area contributed by atoms with Gasteiger partial charge in [-0.15, -0.1) is 0 Å². The van der Waals surface area contributed by atoms with Crippen molar-refractivity contribution in [1.29, 1.82) is 0 Å². The maximum atomic E-state index is 10.8. The molecule has 11 heavy (non-hydrogen) atoms. The fraction of sp³-hybridized carbons (Fsp3) is 0.200. The van der Waals surface area contributed by atoms with E-state index in [-0.39, 0.29) is 12.2 Å². The summed E-state index contributed by atoms with van der Waals surface area (Å²) in [5.74, 6) is 0. The van der Waals surface area contributed by atoms with Crippen LogP contribution in [-0.2, 0) is 11.5 Å². The summed E-state index contributed by atoms with van der Waals surface area (Å²) >= 11 is 0. The van der Waals surface area contributed by atoms with Gasteiger partial charge in [0.15, 0.2) is 0 Å². The fourth-order valence-electron chi connectivity index (χ4n) is 0.614. The van der Waals surface area contributed by atoms with Crippen LogP contribution in [0.25, 0.3) is 0 Å². The van der Waals surface area contributed by atoms with E-state index in [1.165, 1.54) is 6.20 Å². The fourth-order valence-corrected chi connectivity index (χ4v) is 0.614. The lowest BCUT2D eigenvalue weighted by molar-refractivity contribution is -0.253. The van der Waals surface area contributed by atoms with Crippen LogP contribution in [0.1, 0.15) is 5.56 Å². The van der Waals surface area contributed by atoms with Crippen LogP contribution in [0.2, 0.25) is 0 Å². The van der Waals surface area contributed by atoms with Gasteiger partial charge in [0.2, 0.25) is 0 Å². The lowest BCUT2D eigenvalue weighted by Crippen LogP contribution is -2.24. The van der Waals surface area contributed by atoms with Crippen molar-refractivity contribution in [3.8, 4) is 0 Å². The second-order valence-corrected chi connectivity index (χ2v) is 1.87. The highest BCUT2D eigenvalue weighted by atomic mass is 17.1. The zero-order valence-corrected chi connectivity index (χ0v) is 5.46. The van der Waals surface area contributed by atoms with Crippen LogP contribution in [-0.4, -0.2) is 15.2 Å². The van der Waals surface area contributed by atoms with Crippen molar-refractivity contribution >= 4 is 0 Å². The second-order valence-electron chi connectivity index (χ2n) is 1.87. The highest BCUT2D eigenvalue weighted by molar-refractivity contribution is 5.00. The van der Waals surface area contributed by atoms with Gasteiger partial charge in [-0.2, -0.15) is 0 Å². The van der Waals surface area contributed by atoms with Gasteiger partial charge in [0.25, 0.3) is 5.56 Å². The summed E-state index contributed by atoms with van der Waals surface area (Å²) in [6.07, 6.45) is 1.18. The zero-order valence-electron chi connectivity index (χ0n) is 5.46. The quantitative estimate of drug-likeness (QED) is 0.382. The van der Waals surface area contributed by atoms with Crippen LogP contribution in [0.3, 0.4) is 0 Å². The Balaban J connectivity index is 3.10. The molecule has 0 saturated carbocycles. The minimum Gasteiger partial charge on any atom is -0.314 e. The average molecular weight is 158 g/mol. The smallest absolute Gasteiger partial charge is 0.314 e. The molecule has 0 saturated heterocycles. The Bertz CT molecular complexity index is 339. The van der Waals surface area contributed by atoms with Crippen LogP contribution in [0, 0.1) is 0 Å². The molecule has 6 nitrogen and oxygen atoms in total. The largest absolute Gasteiger partial charge is 0.325 e. The topological polar surface area (TPSA) is 95.2 Å². The molecule has 0 atom stereocenters. The first kappa shape index (κ1) is 7.70. The molecule has 1 rings (SSSR count). The molecule has 0 fully saturated rings. The van der Waals surface area contributed by atoms with E-state index in [9.17, 15) is 9.59 Å². The summed E-state index contributed by atoms with van der Waals surface area (Å²) in [7, 11) is 0. The Morgan fingerprint density at radius 1 is 1.55 bits per heavy atom. The van der Waals surface area contributed by atoms with Crippen molar-refractivity contribution < 1.29 is 10.1 Å². The maximum Gasteiger partial charge on any atom is 0.325 e. The first-order chi connectivity index (χ1) is 5.24. The lowest BCUT2D eigenvalue weighted by atomic mass is 10.4. The van der Waals surface area contributed by atoms with Crippen LogP contribution in [0.4, 0.5) is 0 Å². The van der Waals surface area contributed by atoms with Crippen LogP contribution in [0.5, 0.6) is 0 Å². The number of aromatic amines is 2. The summed E-state index contributed by atoms with van der Waals surface area (Å²) in [6.45, 7) is -0.244. The number of H-pyrrole nitrogens is 2. The third kappa shape index (κ3) is 1.76. The van der Waals surface area contributed by atoms with Crippen molar-refractivity contribution in [2.75, 3.05) is 0 Å². The van der Waals surface area contributed by atoms with E-state index in [2.05, 4.69) is 9.87 Å². The van der Waals surface area contributed by atoms with Crippen molar-refractivity contribution in [3.63, 3.8) is 0 Å². The minimum atomic E-state index is -0.586. The molecule has 1 aromatic rings. The zero-order chi connectivity index (χ0) is 8.27. The summed E-state index contributed by atoms with van der Waals surface area (Å²) in [5, 5.41) is 7.97. The van der Waals surface area contributed by atoms with Crippen molar-refractivity contribution in [2.24, 2.45) is 0 Å². The van der Waals surface area contributed by atoms with Crippen LogP contribution >= 0.6 is 0 Å². The van der Waals surface area contributed by atoms with Gasteiger partial charge in [0, 0.05) is 6.20 Å². The Morgan fingerprint density at radius 3 is 2.82 bits per heavy atom. The number of aromatic nitrogens is 2. The van der Waals surface area contributed by atoms with E-state index in [0.717, 1.165) is 0 Å². The summed E-state index contributed by atoms with van der Waals surface area (Å²) in [4.78, 5) is 29.1. The van der Waals surface area contributed by atoms with Gasteiger partial charge in [-0.1, -0.05) is 0 Å². The average Bonchev–Trinajstić information content (AvgIpc) is 1.95. The van der Waals surface area contributed by atoms with Crippen molar-refractivity contribution in [1.82, 2.24) is 9.97 Å². The number of hydrogen-bond donors (Lipinski definition) is 3. The normalized spacial score (nSPS) is 9.91. The Kier molecular flexibility index (Phi) is 2.19. The highest BCUT2D eigenvalue weighted by Gasteiger charge is 1.98. The number of hydrogen-bond acceptors (Lipinski definition) is 4. The number of rotatable bonds is 2. The third-order valence-electron chi connectivity index (χ3n) is 1.12. The summed E-state index contributed by atoms with van der Waals surface area (Å²) in [6, 6.07) is 0. The Hall–Kier alpha value is -1.40. The SMILES string of the molecule is O=c1[nH]cc(COO)c(=O)[nH]1. The molecule has 0 spiro atoms.